The molecule has 0 saturated heterocycles. The molecule has 4 rings (SSSR count). The van der Waals surface area contributed by atoms with Gasteiger partial charge in [0, 0.05) is 5.39 Å². The zero-order valence-electron chi connectivity index (χ0n) is 15.5. The summed E-state index contributed by atoms with van der Waals surface area (Å²) >= 11 is 0. The number of amides is 1. The molecule has 0 aliphatic heterocycles. The summed E-state index contributed by atoms with van der Waals surface area (Å²) in [5.74, 6) is 0.163. The molecule has 1 amide bonds. The summed E-state index contributed by atoms with van der Waals surface area (Å²) in [5.41, 5.74) is 17.7. The Kier molecular flexibility index (Phi) is 4.81. The Balaban J connectivity index is 1.69. The van der Waals surface area contributed by atoms with Crippen LogP contribution >= 0.6 is 0 Å². The number of hydrogen-bond acceptors (Lipinski definition) is 3. The van der Waals surface area contributed by atoms with Crippen LogP contribution in [0.1, 0.15) is 16.7 Å². The van der Waals surface area contributed by atoms with Crippen molar-refractivity contribution >= 4 is 22.6 Å². The third-order valence-corrected chi connectivity index (χ3v) is 4.90. The van der Waals surface area contributed by atoms with Crippen LogP contribution in [0.4, 0.5) is 5.82 Å². The fourth-order valence-electron chi connectivity index (χ4n) is 3.53. The molecule has 5 heteroatoms. The molecule has 0 unspecified atom stereocenters. The van der Waals surface area contributed by atoms with Crippen molar-refractivity contribution in [2.45, 2.75) is 19.3 Å². The average molecular weight is 370 g/mol. The van der Waals surface area contributed by atoms with E-state index in [0.29, 0.717) is 5.82 Å². The summed E-state index contributed by atoms with van der Waals surface area (Å²) in [5, 5.41) is 7.92. The molecule has 0 aliphatic rings. The molecule has 0 bridgehead atoms. The SMILES string of the molecule is NC(=O)Cc1cc(CCc2ccccc2)cc(-c2ccc3c(N)n[nH]c3c2)c1. The molecule has 0 atom stereocenters. The van der Waals surface area contributed by atoms with Crippen molar-refractivity contribution in [1.29, 1.82) is 0 Å². The number of nitrogen functional groups attached to an aromatic ring is 1. The van der Waals surface area contributed by atoms with E-state index in [1.807, 2.05) is 30.3 Å². The van der Waals surface area contributed by atoms with E-state index in [2.05, 4.69) is 46.6 Å². The third kappa shape index (κ3) is 3.88. The number of aromatic amines is 1. The quantitative estimate of drug-likeness (QED) is 0.483. The molecule has 0 radical (unpaired) electrons. The van der Waals surface area contributed by atoms with Crippen LogP contribution in [0.3, 0.4) is 0 Å². The Morgan fingerprint density at radius 3 is 2.39 bits per heavy atom. The lowest BCUT2D eigenvalue weighted by Crippen LogP contribution is -2.13. The van der Waals surface area contributed by atoms with Crippen LogP contribution in [-0.2, 0) is 24.1 Å². The Labute approximate surface area is 163 Å². The molecule has 5 N–H and O–H groups in total. The maximum atomic E-state index is 11.5. The van der Waals surface area contributed by atoms with Gasteiger partial charge in [0.05, 0.1) is 11.9 Å². The van der Waals surface area contributed by atoms with Crippen LogP contribution in [0.2, 0.25) is 0 Å². The largest absolute Gasteiger partial charge is 0.382 e. The Morgan fingerprint density at radius 1 is 0.857 bits per heavy atom. The van der Waals surface area contributed by atoms with E-state index in [0.717, 1.165) is 40.4 Å². The number of H-pyrrole nitrogens is 1. The number of nitrogens with one attached hydrogen (secondary N) is 1. The van der Waals surface area contributed by atoms with Crippen LogP contribution in [0.25, 0.3) is 22.0 Å². The molecule has 3 aromatic carbocycles. The minimum atomic E-state index is -0.331. The van der Waals surface area contributed by atoms with Gasteiger partial charge in [-0.3, -0.25) is 9.89 Å². The Hall–Kier alpha value is -3.60. The third-order valence-electron chi connectivity index (χ3n) is 4.90. The second-order valence-corrected chi connectivity index (χ2v) is 7.04. The lowest BCUT2D eigenvalue weighted by atomic mass is 9.95. The van der Waals surface area contributed by atoms with Crippen LogP contribution in [0.5, 0.6) is 0 Å². The van der Waals surface area contributed by atoms with E-state index in [1.54, 1.807) is 0 Å². The normalized spacial score (nSPS) is 11.0. The van der Waals surface area contributed by atoms with Crippen molar-refractivity contribution in [3.05, 3.63) is 83.4 Å². The fourth-order valence-corrected chi connectivity index (χ4v) is 3.53. The molecule has 0 fully saturated rings. The number of benzene rings is 3. The molecular weight excluding hydrogens is 348 g/mol. The number of primary amides is 1. The maximum absolute atomic E-state index is 11.5. The number of nitrogens with two attached hydrogens (primary N) is 2. The second kappa shape index (κ2) is 7.56. The van der Waals surface area contributed by atoms with Gasteiger partial charge in [-0.15, -0.1) is 0 Å². The highest BCUT2D eigenvalue weighted by molar-refractivity contribution is 5.91. The molecule has 28 heavy (non-hydrogen) atoms. The maximum Gasteiger partial charge on any atom is 0.221 e. The topological polar surface area (TPSA) is 97.8 Å². The van der Waals surface area contributed by atoms with E-state index in [1.165, 1.54) is 11.1 Å². The number of carbonyl (C=O) groups excluding carboxylic acids is 1. The van der Waals surface area contributed by atoms with Gasteiger partial charge in [-0.2, -0.15) is 5.10 Å². The number of anilines is 1. The number of carbonyl (C=O) groups is 1. The highest BCUT2D eigenvalue weighted by Crippen LogP contribution is 2.28. The van der Waals surface area contributed by atoms with Gasteiger partial charge in [0.25, 0.3) is 0 Å². The first kappa shape index (κ1) is 17.8. The van der Waals surface area contributed by atoms with Gasteiger partial charge in [-0.25, -0.2) is 0 Å². The second-order valence-electron chi connectivity index (χ2n) is 7.04. The van der Waals surface area contributed by atoms with E-state index >= 15 is 0 Å². The van der Waals surface area contributed by atoms with Crippen molar-refractivity contribution < 1.29 is 4.79 Å². The van der Waals surface area contributed by atoms with Crippen molar-refractivity contribution in [2.75, 3.05) is 5.73 Å². The molecule has 0 saturated carbocycles. The standard InChI is InChI=1S/C23H22N4O/c24-22(28)13-17-10-16(7-6-15-4-2-1-3-5-15)11-19(12-17)18-8-9-20-21(14-18)26-27-23(20)25/h1-5,8-12,14H,6-7,13H2,(H2,24,28)(H3,25,26,27). The van der Waals surface area contributed by atoms with Crippen molar-refractivity contribution in [2.24, 2.45) is 5.73 Å². The number of hydrogen-bond donors (Lipinski definition) is 3. The molecule has 0 aliphatic carbocycles. The summed E-state index contributed by atoms with van der Waals surface area (Å²) in [6.07, 6.45) is 2.06. The molecule has 5 nitrogen and oxygen atoms in total. The van der Waals surface area contributed by atoms with Gasteiger partial charge < -0.3 is 11.5 Å². The average Bonchev–Trinajstić information content (AvgIpc) is 3.07. The van der Waals surface area contributed by atoms with Crippen LogP contribution in [-0.4, -0.2) is 16.1 Å². The zero-order chi connectivity index (χ0) is 19.5. The first-order valence-corrected chi connectivity index (χ1v) is 9.27. The molecule has 1 aromatic heterocycles. The minimum absolute atomic E-state index is 0.228. The van der Waals surface area contributed by atoms with E-state index < -0.39 is 0 Å². The van der Waals surface area contributed by atoms with Crippen LogP contribution < -0.4 is 11.5 Å². The van der Waals surface area contributed by atoms with Gasteiger partial charge in [-0.05, 0) is 52.8 Å². The van der Waals surface area contributed by atoms with Gasteiger partial charge in [-0.1, -0.05) is 54.6 Å². The van der Waals surface area contributed by atoms with Crippen molar-refractivity contribution in [3.63, 3.8) is 0 Å². The Morgan fingerprint density at radius 2 is 1.61 bits per heavy atom. The number of rotatable bonds is 6. The summed E-state index contributed by atoms with van der Waals surface area (Å²) in [6, 6.07) is 22.7. The van der Waals surface area contributed by atoms with Gasteiger partial charge >= 0.3 is 0 Å². The summed E-state index contributed by atoms with van der Waals surface area (Å²) < 4.78 is 0. The summed E-state index contributed by atoms with van der Waals surface area (Å²) in [7, 11) is 0. The van der Waals surface area contributed by atoms with Crippen LogP contribution in [0.15, 0.2) is 66.7 Å². The monoisotopic (exact) mass is 370 g/mol. The molecule has 140 valence electrons. The highest BCUT2D eigenvalue weighted by Gasteiger charge is 2.09. The fraction of sp³-hybridized carbons (Fsp3) is 0.130. The first-order chi connectivity index (χ1) is 13.6. The van der Waals surface area contributed by atoms with E-state index in [9.17, 15) is 4.79 Å². The van der Waals surface area contributed by atoms with Crippen molar-refractivity contribution in [1.82, 2.24) is 10.2 Å². The minimum Gasteiger partial charge on any atom is -0.382 e. The zero-order valence-corrected chi connectivity index (χ0v) is 15.5. The molecule has 0 spiro atoms. The van der Waals surface area contributed by atoms with Crippen LogP contribution in [0, 0.1) is 0 Å². The number of aryl methyl sites for hydroxylation is 2. The smallest absolute Gasteiger partial charge is 0.221 e. The van der Waals surface area contributed by atoms with Gasteiger partial charge in [0.2, 0.25) is 5.91 Å². The predicted octanol–water partition coefficient (Wildman–Crippen LogP) is 3.63. The first-order valence-electron chi connectivity index (χ1n) is 9.27. The number of fused-ring (bicyclic) bond motifs is 1. The molecular formula is C23H22N4O. The summed E-state index contributed by atoms with van der Waals surface area (Å²) in [6.45, 7) is 0. The molecule has 1 heterocycles. The predicted molar refractivity (Wildman–Crippen MR) is 113 cm³/mol. The van der Waals surface area contributed by atoms with E-state index in [-0.39, 0.29) is 12.3 Å². The van der Waals surface area contributed by atoms with Gasteiger partial charge in [0.1, 0.15) is 0 Å². The van der Waals surface area contributed by atoms with E-state index in [4.69, 9.17) is 11.5 Å². The Bertz CT molecular complexity index is 1130. The van der Waals surface area contributed by atoms with Crippen molar-refractivity contribution in [3.8, 4) is 11.1 Å². The lowest BCUT2D eigenvalue weighted by molar-refractivity contribution is -0.117. The molecule has 4 aromatic rings. The summed E-state index contributed by atoms with van der Waals surface area (Å²) in [4.78, 5) is 11.5. The van der Waals surface area contributed by atoms with Gasteiger partial charge in [0.15, 0.2) is 5.82 Å². The number of nitrogens with zero attached hydrogens (tertiary/aromatic N) is 1. The number of aromatic nitrogens is 2. The lowest BCUT2D eigenvalue weighted by Gasteiger charge is -2.10. The highest BCUT2D eigenvalue weighted by atomic mass is 16.1.